The van der Waals surface area contributed by atoms with Crippen LogP contribution in [0.25, 0.3) is 0 Å². The van der Waals surface area contributed by atoms with Gasteiger partial charge < -0.3 is 10.6 Å². The lowest BCUT2D eigenvalue weighted by molar-refractivity contribution is -0.120. The number of hydrogen-bond acceptors (Lipinski definition) is 2. The van der Waals surface area contributed by atoms with Crippen LogP contribution >= 0.6 is 0 Å². The molecule has 86 valence electrons. The van der Waals surface area contributed by atoms with Gasteiger partial charge in [0.05, 0.1) is 5.69 Å². The number of hydrogen-bond donors (Lipinski definition) is 2. The predicted molar refractivity (Wildman–Crippen MR) is 60.7 cm³/mol. The van der Waals surface area contributed by atoms with Crippen molar-refractivity contribution in [3.05, 3.63) is 30.1 Å². The second-order valence-electron chi connectivity index (χ2n) is 4.02. The lowest BCUT2D eigenvalue weighted by Gasteiger charge is -2.16. The van der Waals surface area contributed by atoms with E-state index in [-0.39, 0.29) is 17.8 Å². The van der Waals surface area contributed by atoms with Gasteiger partial charge in [-0.2, -0.15) is 0 Å². The molecule has 0 aliphatic carbocycles. The zero-order chi connectivity index (χ0) is 11.4. The highest BCUT2D eigenvalue weighted by Crippen LogP contribution is 2.17. The highest BCUT2D eigenvalue weighted by molar-refractivity contribution is 5.77. The lowest BCUT2D eigenvalue weighted by Crippen LogP contribution is -2.27. The molecule has 1 atom stereocenters. The molecule has 0 spiro atoms. The minimum absolute atomic E-state index is 0.0272. The summed E-state index contributed by atoms with van der Waals surface area (Å²) in [6.45, 7) is 0.717. The van der Waals surface area contributed by atoms with Crippen molar-refractivity contribution in [1.82, 2.24) is 5.32 Å². The zero-order valence-electron chi connectivity index (χ0n) is 9.00. The third kappa shape index (κ3) is 2.72. The first-order valence-corrected chi connectivity index (χ1v) is 5.53. The standard InChI is InChI=1S/C12H15FN2O/c13-10-5-1-2-6-11(10)15-9-4-3-7-14-12(16)8-9/h1-2,5-6,9,15H,3-4,7-8H2,(H,14,16). The average molecular weight is 222 g/mol. The van der Waals surface area contributed by atoms with Crippen LogP contribution in [0.1, 0.15) is 19.3 Å². The van der Waals surface area contributed by atoms with E-state index in [1.54, 1.807) is 18.2 Å². The summed E-state index contributed by atoms with van der Waals surface area (Å²) in [5.74, 6) is -0.238. The van der Waals surface area contributed by atoms with Crippen LogP contribution in [0.4, 0.5) is 10.1 Å². The highest BCUT2D eigenvalue weighted by Gasteiger charge is 2.17. The van der Waals surface area contributed by atoms with Gasteiger partial charge in [-0.1, -0.05) is 12.1 Å². The summed E-state index contributed by atoms with van der Waals surface area (Å²) >= 11 is 0. The molecule has 1 amide bonds. The van der Waals surface area contributed by atoms with Gasteiger partial charge in [-0.3, -0.25) is 4.79 Å². The Morgan fingerprint density at radius 1 is 1.38 bits per heavy atom. The van der Waals surface area contributed by atoms with Crippen molar-refractivity contribution >= 4 is 11.6 Å². The largest absolute Gasteiger partial charge is 0.379 e. The molecule has 4 heteroatoms. The van der Waals surface area contributed by atoms with E-state index in [1.807, 2.05) is 0 Å². The van der Waals surface area contributed by atoms with Gasteiger partial charge in [0.15, 0.2) is 0 Å². The first kappa shape index (κ1) is 10.9. The van der Waals surface area contributed by atoms with Crippen LogP contribution in [0.5, 0.6) is 0 Å². The molecule has 16 heavy (non-hydrogen) atoms. The van der Waals surface area contributed by atoms with Crippen molar-refractivity contribution in [2.45, 2.75) is 25.3 Å². The van der Waals surface area contributed by atoms with Gasteiger partial charge in [0.2, 0.25) is 5.91 Å². The van der Waals surface area contributed by atoms with Crippen LogP contribution in [0.2, 0.25) is 0 Å². The second-order valence-corrected chi connectivity index (χ2v) is 4.02. The van der Waals surface area contributed by atoms with Gasteiger partial charge in [0, 0.05) is 19.0 Å². The minimum atomic E-state index is -0.271. The summed E-state index contributed by atoms with van der Waals surface area (Å²) in [6.07, 6.45) is 2.22. The summed E-state index contributed by atoms with van der Waals surface area (Å²) in [5, 5.41) is 5.89. The van der Waals surface area contributed by atoms with Crippen LogP contribution in [0.15, 0.2) is 24.3 Å². The van der Waals surface area contributed by atoms with Crippen LogP contribution in [-0.2, 0) is 4.79 Å². The molecule has 1 heterocycles. The fourth-order valence-corrected chi connectivity index (χ4v) is 1.90. The maximum Gasteiger partial charge on any atom is 0.222 e. The number of anilines is 1. The summed E-state index contributed by atoms with van der Waals surface area (Å²) in [4.78, 5) is 11.3. The number of carbonyl (C=O) groups excluding carboxylic acids is 1. The Morgan fingerprint density at radius 3 is 3.00 bits per heavy atom. The normalized spacial score (nSPS) is 21.1. The number of amides is 1. The van der Waals surface area contributed by atoms with Gasteiger partial charge in [0.1, 0.15) is 5.82 Å². The van der Waals surface area contributed by atoms with E-state index in [9.17, 15) is 9.18 Å². The molecule has 0 aromatic heterocycles. The molecule has 1 fully saturated rings. The number of halogens is 1. The molecule has 1 unspecified atom stereocenters. The summed E-state index contributed by atoms with van der Waals surface area (Å²) < 4.78 is 13.4. The van der Waals surface area contributed by atoms with Crippen LogP contribution in [0.3, 0.4) is 0 Å². The Kier molecular flexibility index (Phi) is 3.39. The minimum Gasteiger partial charge on any atom is -0.379 e. The summed E-state index contributed by atoms with van der Waals surface area (Å²) in [6, 6.07) is 6.57. The number of carbonyl (C=O) groups is 1. The predicted octanol–water partition coefficient (Wildman–Crippen LogP) is 1.91. The van der Waals surface area contributed by atoms with E-state index >= 15 is 0 Å². The molecule has 0 bridgehead atoms. The van der Waals surface area contributed by atoms with Gasteiger partial charge >= 0.3 is 0 Å². The quantitative estimate of drug-likeness (QED) is 0.802. The maximum absolute atomic E-state index is 13.4. The van der Waals surface area contributed by atoms with Crippen molar-refractivity contribution in [2.75, 3.05) is 11.9 Å². The molecular formula is C12H15FN2O. The summed E-state index contributed by atoms with van der Waals surface area (Å²) in [7, 11) is 0. The number of para-hydroxylation sites is 1. The van der Waals surface area contributed by atoms with Gasteiger partial charge in [-0.05, 0) is 25.0 Å². The van der Waals surface area contributed by atoms with E-state index in [2.05, 4.69) is 10.6 Å². The van der Waals surface area contributed by atoms with E-state index in [1.165, 1.54) is 6.07 Å². The molecule has 1 aromatic rings. The molecule has 2 rings (SSSR count). The second kappa shape index (κ2) is 4.96. The van der Waals surface area contributed by atoms with Crippen molar-refractivity contribution in [3.8, 4) is 0 Å². The van der Waals surface area contributed by atoms with E-state index < -0.39 is 0 Å². The summed E-state index contributed by atoms with van der Waals surface area (Å²) in [5.41, 5.74) is 0.474. The van der Waals surface area contributed by atoms with Crippen LogP contribution in [-0.4, -0.2) is 18.5 Å². The Hall–Kier alpha value is -1.58. The molecule has 2 N–H and O–H groups in total. The van der Waals surface area contributed by atoms with E-state index in [0.29, 0.717) is 18.7 Å². The smallest absolute Gasteiger partial charge is 0.222 e. The van der Waals surface area contributed by atoms with Gasteiger partial charge in [-0.15, -0.1) is 0 Å². The highest BCUT2D eigenvalue weighted by atomic mass is 19.1. The zero-order valence-corrected chi connectivity index (χ0v) is 9.00. The Labute approximate surface area is 94.0 Å². The fourth-order valence-electron chi connectivity index (χ4n) is 1.90. The van der Waals surface area contributed by atoms with Crippen LogP contribution in [0, 0.1) is 5.82 Å². The van der Waals surface area contributed by atoms with Crippen molar-refractivity contribution in [1.29, 1.82) is 0 Å². The molecule has 1 aliphatic rings. The fraction of sp³-hybridized carbons (Fsp3) is 0.417. The third-order valence-electron chi connectivity index (χ3n) is 2.72. The first-order chi connectivity index (χ1) is 7.75. The molecular weight excluding hydrogens is 207 g/mol. The van der Waals surface area contributed by atoms with Gasteiger partial charge in [-0.25, -0.2) is 4.39 Å². The molecule has 3 nitrogen and oxygen atoms in total. The van der Waals surface area contributed by atoms with Gasteiger partial charge in [0.25, 0.3) is 0 Å². The maximum atomic E-state index is 13.4. The van der Waals surface area contributed by atoms with Crippen LogP contribution < -0.4 is 10.6 Å². The molecule has 1 aliphatic heterocycles. The third-order valence-corrected chi connectivity index (χ3v) is 2.72. The Morgan fingerprint density at radius 2 is 2.19 bits per heavy atom. The number of nitrogens with one attached hydrogen (secondary N) is 2. The van der Waals surface area contributed by atoms with Crippen molar-refractivity contribution in [2.24, 2.45) is 0 Å². The Balaban J connectivity index is 2.03. The first-order valence-electron chi connectivity index (χ1n) is 5.53. The topological polar surface area (TPSA) is 41.1 Å². The van der Waals surface area contributed by atoms with E-state index in [4.69, 9.17) is 0 Å². The Bertz CT molecular complexity index is 381. The number of benzene rings is 1. The average Bonchev–Trinajstić information content (AvgIpc) is 2.46. The molecule has 0 radical (unpaired) electrons. The monoisotopic (exact) mass is 222 g/mol. The van der Waals surface area contributed by atoms with Crippen molar-refractivity contribution in [3.63, 3.8) is 0 Å². The molecule has 1 aromatic carbocycles. The number of rotatable bonds is 2. The SMILES string of the molecule is O=C1CC(Nc2ccccc2F)CCCN1. The molecule has 1 saturated heterocycles. The van der Waals surface area contributed by atoms with Crippen molar-refractivity contribution < 1.29 is 9.18 Å². The molecule has 0 saturated carbocycles. The lowest BCUT2D eigenvalue weighted by atomic mass is 10.1. The van der Waals surface area contributed by atoms with E-state index in [0.717, 1.165) is 12.8 Å².